The first-order valence-corrected chi connectivity index (χ1v) is 16.6. The number of carbonyl (C=O) groups excluding carboxylic acids is 3. The first-order chi connectivity index (χ1) is 18.0. The Kier molecular flexibility index (Phi) is 9.24. The van der Waals surface area contributed by atoms with Crippen LogP contribution < -0.4 is 0 Å². The average Bonchev–Trinajstić information content (AvgIpc) is 3.41. The van der Waals surface area contributed by atoms with Crippen molar-refractivity contribution < 1.29 is 33.0 Å². The Labute approximate surface area is 234 Å². The zero-order chi connectivity index (χ0) is 29.3. The fourth-order valence-corrected chi connectivity index (χ4v) is 6.34. The van der Waals surface area contributed by atoms with Crippen LogP contribution in [-0.4, -0.2) is 80.3 Å². The predicted octanol–water partition coefficient (Wildman–Crippen LogP) is 5.76. The van der Waals surface area contributed by atoms with E-state index in [1.54, 1.807) is 11.8 Å². The second-order valence-electron chi connectivity index (χ2n) is 13.1. The van der Waals surface area contributed by atoms with Crippen LogP contribution in [0, 0.1) is 5.92 Å². The number of carbonyl (C=O) groups is 3. The number of likely N-dealkylation sites (tertiary alicyclic amines) is 1. The quantitative estimate of drug-likeness (QED) is 0.390. The second kappa shape index (κ2) is 11.6. The van der Waals surface area contributed by atoms with E-state index in [4.69, 9.17) is 18.6 Å². The maximum Gasteiger partial charge on any atom is 0.417 e. The zero-order valence-corrected chi connectivity index (χ0v) is 26.1. The molecule has 2 aliphatic rings. The lowest BCUT2D eigenvalue weighted by Crippen LogP contribution is -2.51. The lowest BCUT2D eigenvalue weighted by atomic mass is 9.93. The van der Waals surface area contributed by atoms with E-state index in [1.165, 1.54) is 12.0 Å². The lowest BCUT2D eigenvalue weighted by Gasteiger charge is -2.38. The summed E-state index contributed by atoms with van der Waals surface area (Å²) in [5.74, 6) is -1.15. The van der Waals surface area contributed by atoms with E-state index >= 15 is 0 Å². The number of nitrogens with zero attached hydrogens (tertiary/aromatic N) is 2. The third-order valence-corrected chi connectivity index (χ3v) is 12.6. The predicted molar refractivity (Wildman–Crippen MR) is 151 cm³/mol. The standard InChI is InChI=1S/C29H46N2O7Si/c1-19(25(32)31-23(18-36-27(31)34)20-14-12-11-13-15-20)24(35-8)22-16-21(38-39(9,10)29(5,6)7)17-30(22)26(33)37-28(2,3)4/h11-15,19,21-24H,16-18H2,1-10H3/t19-,21-,22+,23+,24-/m1/s1. The van der Waals surface area contributed by atoms with Gasteiger partial charge in [0, 0.05) is 13.7 Å². The third kappa shape index (κ3) is 7.02. The Hall–Kier alpha value is -2.43. The number of ether oxygens (including phenoxy) is 3. The van der Waals surface area contributed by atoms with Gasteiger partial charge in [-0.3, -0.25) is 9.69 Å². The Morgan fingerprint density at radius 2 is 1.69 bits per heavy atom. The van der Waals surface area contributed by atoms with E-state index in [-0.39, 0.29) is 17.7 Å². The Balaban J connectivity index is 1.89. The first-order valence-electron chi connectivity index (χ1n) is 13.7. The first kappa shape index (κ1) is 31.1. The van der Waals surface area contributed by atoms with Gasteiger partial charge in [0.2, 0.25) is 5.91 Å². The fraction of sp³-hybridized carbons (Fsp3) is 0.690. The van der Waals surface area contributed by atoms with Crippen molar-refractivity contribution >= 4 is 26.4 Å². The van der Waals surface area contributed by atoms with Gasteiger partial charge in [-0.15, -0.1) is 0 Å². The van der Waals surface area contributed by atoms with Crippen LogP contribution in [0.15, 0.2) is 30.3 Å². The number of imide groups is 1. The topological polar surface area (TPSA) is 94.6 Å². The van der Waals surface area contributed by atoms with Gasteiger partial charge in [0.25, 0.3) is 0 Å². The summed E-state index contributed by atoms with van der Waals surface area (Å²) in [5.41, 5.74) is 0.128. The van der Waals surface area contributed by atoms with Crippen molar-refractivity contribution in [2.75, 3.05) is 20.3 Å². The van der Waals surface area contributed by atoms with Crippen LogP contribution in [0.3, 0.4) is 0 Å². The summed E-state index contributed by atoms with van der Waals surface area (Å²) in [7, 11) is -0.609. The highest BCUT2D eigenvalue weighted by Crippen LogP contribution is 2.40. The molecule has 0 radical (unpaired) electrons. The van der Waals surface area contributed by atoms with Gasteiger partial charge in [0.1, 0.15) is 18.2 Å². The normalized spacial score (nSPS) is 23.9. The smallest absolute Gasteiger partial charge is 0.417 e. The van der Waals surface area contributed by atoms with Crippen molar-refractivity contribution in [2.24, 2.45) is 5.92 Å². The van der Waals surface area contributed by atoms with Crippen molar-refractivity contribution in [1.82, 2.24) is 9.80 Å². The molecule has 0 unspecified atom stereocenters. The molecule has 9 nitrogen and oxygen atoms in total. The third-order valence-electron chi connectivity index (χ3n) is 8.03. The van der Waals surface area contributed by atoms with Crippen LogP contribution in [0.5, 0.6) is 0 Å². The summed E-state index contributed by atoms with van der Waals surface area (Å²) in [4.78, 5) is 42.7. The molecule has 3 rings (SSSR count). The highest BCUT2D eigenvalue weighted by molar-refractivity contribution is 6.74. The number of cyclic esters (lactones) is 1. The maximum atomic E-state index is 13.8. The molecule has 0 N–H and O–H groups in total. The van der Waals surface area contributed by atoms with Crippen LogP contribution in [0.2, 0.25) is 18.1 Å². The van der Waals surface area contributed by atoms with Crippen molar-refractivity contribution in [3.63, 3.8) is 0 Å². The van der Waals surface area contributed by atoms with E-state index in [2.05, 4.69) is 33.9 Å². The van der Waals surface area contributed by atoms with Gasteiger partial charge < -0.3 is 18.6 Å². The van der Waals surface area contributed by atoms with Crippen LogP contribution in [0.4, 0.5) is 9.59 Å². The zero-order valence-electron chi connectivity index (χ0n) is 25.1. The molecule has 0 saturated carbocycles. The largest absolute Gasteiger partial charge is 0.446 e. The van der Waals surface area contributed by atoms with Gasteiger partial charge in [0.15, 0.2) is 8.32 Å². The molecule has 218 valence electrons. The average molecular weight is 563 g/mol. The molecule has 10 heteroatoms. The van der Waals surface area contributed by atoms with E-state index in [9.17, 15) is 14.4 Å². The number of methoxy groups -OCH3 is 1. The minimum absolute atomic E-state index is 0.00564. The van der Waals surface area contributed by atoms with Crippen LogP contribution in [0.1, 0.15) is 66.5 Å². The van der Waals surface area contributed by atoms with Crippen molar-refractivity contribution in [2.45, 2.75) is 103 Å². The lowest BCUT2D eigenvalue weighted by molar-refractivity contribution is -0.139. The fourth-order valence-electron chi connectivity index (χ4n) is 4.99. The molecule has 2 saturated heterocycles. The number of hydrogen-bond donors (Lipinski definition) is 0. The van der Waals surface area contributed by atoms with Crippen molar-refractivity contribution in [1.29, 1.82) is 0 Å². The van der Waals surface area contributed by atoms with E-state index < -0.39 is 56.1 Å². The molecule has 2 heterocycles. The Morgan fingerprint density at radius 1 is 1.08 bits per heavy atom. The van der Waals surface area contributed by atoms with Gasteiger partial charge in [-0.2, -0.15) is 0 Å². The van der Waals surface area contributed by atoms with E-state index in [0.29, 0.717) is 13.0 Å². The SMILES string of the molecule is CO[C@H]([C@@H](C)C(=O)N1C(=O)OC[C@H]1c1ccccc1)[C@@H]1C[C@@H](O[Si](C)(C)C(C)(C)C)CN1C(=O)OC(C)(C)C. The van der Waals surface area contributed by atoms with E-state index in [1.807, 2.05) is 51.1 Å². The summed E-state index contributed by atoms with van der Waals surface area (Å²) >= 11 is 0. The molecule has 0 spiro atoms. The molecule has 1 aromatic carbocycles. The molecular weight excluding hydrogens is 516 g/mol. The number of benzene rings is 1. The van der Waals surface area contributed by atoms with E-state index in [0.717, 1.165) is 5.56 Å². The Morgan fingerprint density at radius 3 is 2.23 bits per heavy atom. The highest BCUT2D eigenvalue weighted by atomic mass is 28.4. The summed E-state index contributed by atoms with van der Waals surface area (Å²) in [5, 5.41) is -0.00564. The number of hydrogen-bond acceptors (Lipinski definition) is 7. The Bertz CT molecular complexity index is 1030. The maximum absolute atomic E-state index is 13.8. The van der Waals surface area contributed by atoms with Crippen LogP contribution in [0.25, 0.3) is 0 Å². The molecule has 0 bridgehead atoms. The molecule has 2 fully saturated rings. The van der Waals surface area contributed by atoms with Gasteiger partial charge in [-0.05, 0) is 50.9 Å². The molecule has 0 aliphatic carbocycles. The second-order valence-corrected chi connectivity index (χ2v) is 17.9. The number of rotatable bonds is 7. The van der Waals surface area contributed by atoms with Gasteiger partial charge in [-0.25, -0.2) is 14.5 Å². The van der Waals surface area contributed by atoms with Crippen LogP contribution in [-0.2, 0) is 23.4 Å². The molecule has 3 amide bonds. The molecular formula is C29H46N2O7Si. The number of amides is 3. The van der Waals surface area contributed by atoms with Crippen molar-refractivity contribution in [3.8, 4) is 0 Å². The van der Waals surface area contributed by atoms with Gasteiger partial charge >= 0.3 is 12.2 Å². The molecule has 5 atom stereocenters. The molecule has 2 aliphatic heterocycles. The monoisotopic (exact) mass is 562 g/mol. The minimum Gasteiger partial charge on any atom is -0.446 e. The van der Waals surface area contributed by atoms with Crippen LogP contribution >= 0.6 is 0 Å². The minimum atomic E-state index is -2.14. The summed E-state index contributed by atoms with van der Waals surface area (Å²) < 4.78 is 23.6. The summed E-state index contributed by atoms with van der Waals surface area (Å²) in [6.45, 7) is 18.5. The van der Waals surface area contributed by atoms with Gasteiger partial charge in [0.05, 0.1) is 24.2 Å². The van der Waals surface area contributed by atoms with Crippen molar-refractivity contribution in [3.05, 3.63) is 35.9 Å². The van der Waals surface area contributed by atoms with Gasteiger partial charge in [-0.1, -0.05) is 58.0 Å². The summed E-state index contributed by atoms with van der Waals surface area (Å²) in [6.07, 6.45) is -1.57. The summed E-state index contributed by atoms with van der Waals surface area (Å²) in [6, 6.07) is 8.35. The molecule has 1 aromatic rings. The molecule has 39 heavy (non-hydrogen) atoms. The molecule has 0 aromatic heterocycles. The highest BCUT2D eigenvalue weighted by Gasteiger charge is 2.50.